The summed E-state index contributed by atoms with van der Waals surface area (Å²) in [6.07, 6.45) is 2.14. The molecule has 1 aliphatic rings. The largest absolute Gasteiger partial charge is 0.350 e. The lowest BCUT2D eigenvalue weighted by Crippen LogP contribution is -2.46. The summed E-state index contributed by atoms with van der Waals surface area (Å²) in [6.45, 7) is 5.18. The van der Waals surface area contributed by atoms with Crippen molar-refractivity contribution in [1.82, 2.24) is 10.2 Å². The second-order valence-electron chi connectivity index (χ2n) is 6.19. The van der Waals surface area contributed by atoms with Gasteiger partial charge in [0.1, 0.15) is 6.04 Å². The Kier molecular flexibility index (Phi) is 5.83. The molecule has 120 valence electrons. The van der Waals surface area contributed by atoms with Crippen molar-refractivity contribution in [2.24, 2.45) is 5.92 Å². The van der Waals surface area contributed by atoms with E-state index in [1.807, 2.05) is 26.0 Å². The Hall–Kier alpha value is -1.55. The first-order valence-corrected chi connectivity index (χ1v) is 8.17. The number of nitrogens with zero attached hydrogens (tertiary/aromatic N) is 1. The molecule has 2 rings (SSSR count). The fourth-order valence-corrected chi connectivity index (χ4v) is 2.84. The quantitative estimate of drug-likeness (QED) is 0.906. The molecule has 0 radical (unpaired) electrons. The SMILES string of the molecule is CC(C)CC(=O)N1CCCC1C(=O)NCc1ccc(Cl)cc1. The molecule has 22 heavy (non-hydrogen) atoms. The molecule has 1 saturated heterocycles. The molecule has 1 unspecified atom stereocenters. The van der Waals surface area contributed by atoms with Crippen molar-refractivity contribution in [2.45, 2.75) is 45.7 Å². The first-order valence-electron chi connectivity index (χ1n) is 7.79. The van der Waals surface area contributed by atoms with E-state index in [1.165, 1.54) is 0 Å². The van der Waals surface area contributed by atoms with Crippen molar-refractivity contribution in [1.29, 1.82) is 0 Å². The van der Waals surface area contributed by atoms with Gasteiger partial charge < -0.3 is 10.2 Å². The Morgan fingerprint density at radius 2 is 2.00 bits per heavy atom. The van der Waals surface area contributed by atoms with Crippen LogP contribution in [-0.4, -0.2) is 29.3 Å². The van der Waals surface area contributed by atoms with Crippen LogP contribution in [0.5, 0.6) is 0 Å². The predicted molar refractivity (Wildman–Crippen MR) is 87.5 cm³/mol. The fourth-order valence-electron chi connectivity index (χ4n) is 2.71. The maximum atomic E-state index is 12.4. The van der Waals surface area contributed by atoms with Gasteiger partial charge in [-0.3, -0.25) is 9.59 Å². The van der Waals surface area contributed by atoms with Gasteiger partial charge in [0.25, 0.3) is 0 Å². The van der Waals surface area contributed by atoms with E-state index in [1.54, 1.807) is 17.0 Å². The Morgan fingerprint density at radius 1 is 1.32 bits per heavy atom. The lowest BCUT2D eigenvalue weighted by atomic mass is 10.1. The summed E-state index contributed by atoms with van der Waals surface area (Å²) >= 11 is 5.84. The molecule has 0 bridgehead atoms. The maximum Gasteiger partial charge on any atom is 0.243 e. The number of amides is 2. The van der Waals surface area contributed by atoms with Crippen molar-refractivity contribution in [2.75, 3.05) is 6.54 Å². The first-order chi connectivity index (χ1) is 10.5. The monoisotopic (exact) mass is 322 g/mol. The zero-order valence-electron chi connectivity index (χ0n) is 13.1. The molecule has 2 amide bonds. The molecule has 0 aromatic heterocycles. The number of likely N-dealkylation sites (tertiary alicyclic amines) is 1. The van der Waals surface area contributed by atoms with Gasteiger partial charge in [0.2, 0.25) is 11.8 Å². The second-order valence-corrected chi connectivity index (χ2v) is 6.62. The number of benzene rings is 1. The van der Waals surface area contributed by atoms with Crippen LogP contribution in [0.2, 0.25) is 5.02 Å². The predicted octanol–water partition coefficient (Wildman–Crippen LogP) is 2.99. The molecular weight excluding hydrogens is 300 g/mol. The van der Waals surface area contributed by atoms with Gasteiger partial charge in [0.05, 0.1) is 0 Å². The van der Waals surface area contributed by atoms with Gasteiger partial charge in [-0.15, -0.1) is 0 Å². The number of halogens is 1. The van der Waals surface area contributed by atoms with Gasteiger partial charge in [0, 0.05) is 24.5 Å². The number of hydrogen-bond donors (Lipinski definition) is 1. The van der Waals surface area contributed by atoms with Crippen molar-refractivity contribution in [3.63, 3.8) is 0 Å². The van der Waals surface area contributed by atoms with Crippen LogP contribution in [0, 0.1) is 5.92 Å². The molecule has 1 aromatic rings. The minimum absolute atomic E-state index is 0.0652. The highest BCUT2D eigenvalue weighted by Gasteiger charge is 2.33. The van der Waals surface area contributed by atoms with Crippen LogP contribution in [-0.2, 0) is 16.1 Å². The van der Waals surface area contributed by atoms with Gasteiger partial charge >= 0.3 is 0 Å². The molecule has 5 heteroatoms. The third kappa shape index (κ3) is 4.47. The summed E-state index contributed by atoms with van der Waals surface area (Å²) in [7, 11) is 0. The lowest BCUT2D eigenvalue weighted by Gasteiger charge is -2.24. The Labute approximate surface area is 136 Å². The molecule has 1 N–H and O–H groups in total. The van der Waals surface area contributed by atoms with Gasteiger partial charge in [-0.1, -0.05) is 37.6 Å². The van der Waals surface area contributed by atoms with Gasteiger partial charge in [-0.05, 0) is 36.5 Å². The lowest BCUT2D eigenvalue weighted by molar-refractivity contribution is -0.139. The molecule has 1 heterocycles. The standard InChI is InChI=1S/C17H23ClN2O2/c1-12(2)10-16(21)20-9-3-4-15(20)17(22)19-11-13-5-7-14(18)8-6-13/h5-8,12,15H,3-4,9-11H2,1-2H3,(H,19,22). The minimum atomic E-state index is -0.321. The summed E-state index contributed by atoms with van der Waals surface area (Å²) in [5.41, 5.74) is 0.996. The minimum Gasteiger partial charge on any atom is -0.350 e. The van der Waals surface area contributed by atoms with Crippen LogP contribution in [0.3, 0.4) is 0 Å². The third-order valence-electron chi connectivity index (χ3n) is 3.84. The molecule has 4 nitrogen and oxygen atoms in total. The van der Waals surface area contributed by atoms with Crippen molar-refractivity contribution < 1.29 is 9.59 Å². The summed E-state index contributed by atoms with van der Waals surface area (Å²) < 4.78 is 0. The van der Waals surface area contributed by atoms with Gasteiger partial charge in [-0.2, -0.15) is 0 Å². The Balaban J connectivity index is 1.90. The maximum absolute atomic E-state index is 12.4. The summed E-state index contributed by atoms with van der Waals surface area (Å²) in [5.74, 6) is 0.328. The number of nitrogens with one attached hydrogen (secondary N) is 1. The van der Waals surface area contributed by atoms with Crippen LogP contribution < -0.4 is 5.32 Å². The number of hydrogen-bond acceptors (Lipinski definition) is 2. The van der Waals surface area contributed by atoms with E-state index < -0.39 is 0 Å². The second kappa shape index (κ2) is 7.63. The normalized spacial score (nSPS) is 17.8. The molecule has 1 atom stereocenters. The molecule has 0 spiro atoms. The highest BCUT2D eigenvalue weighted by atomic mass is 35.5. The van der Waals surface area contributed by atoms with Crippen molar-refractivity contribution in [3.8, 4) is 0 Å². The van der Waals surface area contributed by atoms with Crippen LogP contribution in [0.1, 0.15) is 38.7 Å². The number of carbonyl (C=O) groups is 2. The fraction of sp³-hybridized carbons (Fsp3) is 0.529. The number of rotatable bonds is 5. The molecule has 0 aliphatic carbocycles. The van der Waals surface area contributed by atoms with Crippen LogP contribution in [0.15, 0.2) is 24.3 Å². The Bertz CT molecular complexity index is 528. The van der Waals surface area contributed by atoms with Crippen molar-refractivity contribution in [3.05, 3.63) is 34.9 Å². The van der Waals surface area contributed by atoms with E-state index in [4.69, 9.17) is 11.6 Å². The number of carbonyl (C=O) groups excluding carboxylic acids is 2. The zero-order valence-corrected chi connectivity index (χ0v) is 13.9. The van der Waals surface area contributed by atoms with Crippen LogP contribution in [0.4, 0.5) is 0 Å². The van der Waals surface area contributed by atoms with E-state index in [2.05, 4.69) is 5.32 Å². The third-order valence-corrected chi connectivity index (χ3v) is 4.09. The smallest absolute Gasteiger partial charge is 0.243 e. The van der Waals surface area contributed by atoms with Crippen molar-refractivity contribution >= 4 is 23.4 Å². The van der Waals surface area contributed by atoms with Crippen LogP contribution in [0.25, 0.3) is 0 Å². The van der Waals surface area contributed by atoms with E-state index >= 15 is 0 Å². The highest BCUT2D eigenvalue weighted by Crippen LogP contribution is 2.20. The summed E-state index contributed by atoms with van der Waals surface area (Å²) in [5, 5.41) is 3.60. The topological polar surface area (TPSA) is 49.4 Å². The van der Waals surface area contributed by atoms with Crippen LogP contribution >= 0.6 is 11.6 Å². The zero-order chi connectivity index (χ0) is 16.1. The van der Waals surface area contributed by atoms with E-state index in [0.717, 1.165) is 18.4 Å². The summed E-state index contributed by atoms with van der Waals surface area (Å²) in [4.78, 5) is 26.3. The molecular formula is C17H23ClN2O2. The van der Waals surface area contributed by atoms with Gasteiger partial charge in [0.15, 0.2) is 0 Å². The molecule has 1 aromatic carbocycles. The van der Waals surface area contributed by atoms with E-state index in [-0.39, 0.29) is 17.9 Å². The van der Waals surface area contributed by atoms with E-state index in [9.17, 15) is 9.59 Å². The summed E-state index contributed by atoms with van der Waals surface area (Å²) in [6, 6.07) is 7.06. The molecule has 0 saturated carbocycles. The van der Waals surface area contributed by atoms with E-state index in [0.29, 0.717) is 30.5 Å². The first kappa shape index (κ1) is 16.8. The average molecular weight is 323 g/mol. The average Bonchev–Trinajstić information content (AvgIpc) is 2.95. The molecule has 1 aliphatic heterocycles. The van der Waals surface area contributed by atoms with Gasteiger partial charge in [-0.25, -0.2) is 0 Å². The molecule has 1 fully saturated rings. The highest BCUT2D eigenvalue weighted by molar-refractivity contribution is 6.30. The Morgan fingerprint density at radius 3 is 2.64 bits per heavy atom.